The lowest BCUT2D eigenvalue weighted by Gasteiger charge is -2.07. The summed E-state index contributed by atoms with van der Waals surface area (Å²) in [6, 6.07) is 3.00. The Labute approximate surface area is 87.1 Å². The topological polar surface area (TPSA) is 84.9 Å². The van der Waals surface area contributed by atoms with Gasteiger partial charge in [0.1, 0.15) is 7.11 Å². The maximum Gasteiger partial charge on any atom is 0.335 e. The Morgan fingerprint density at radius 2 is 2.27 bits per heavy atom. The summed E-state index contributed by atoms with van der Waals surface area (Å²) in [6.45, 7) is 1.68. The van der Waals surface area contributed by atoms with E-state index in [0.717, 1.165) is 0 Å². The number of carboxylic acids is 1. The Hall–Kier alpha value is -2.04. The third-order valence-electron chi connectivity index (χ3n) is 2.07. The van der Waals surface area contributed by atoms with Gasteiger partial charge in [-0.1, -0.05) is 5.16 Å². The van der Waals surface area contributed by atoms with Gasteiger partial charge in [-0.2, -0.15) is 0 Å². The van der Waals surface area contributed by atoms with Crippen molar-refractivity contribution in [3.05, 3.63) is 28.8 Å². The normalized spacial score (nSPS) is 10.5. The van der Waals surface area contributed by atoms with E-state index in [-0.39, 0.29) is 5.56 Å². The number of carbonyl (C=O) groups is 1. The maximum atomic E-state index is 10.8. The minimum Gasteiger partial charge on any atom is -0.478 e. The van der Waals surface area contributed by atoms with Gasteiger partial charge in [0.15, 0.2) is 0 Å². The maximum absolute atomic E-state index is 10.8. The van der Waals surface area contributed by atoms with Crippen LogP contribution in [0.2, 0.25) is 0 Å². The second-order valence-electron chi connectivity index (χ2n) is 2.96. The van der Waals surface area contributed by atoms with Crippen LogP contribution in [0.15, 0.2) is 17.3 Å². The third kappa shape index (κ3) is 2.25. The Morgan fingerprint density at radius 1 is 1.60 bits per heavy atom. The van der Waals surface area contributed by atoms with Gasteiger partial charge in [-0.15, -0.1) is 0 Å². The van der Waals surface area contributed by atoms with Gasteiger partial charge in [0.25, 0.3) is 0 Å². The molecule has 15 heavy (non-hydrogen) atoms. The highest BCUT2D eigenvalue weighted by Crippen LogP contribution is 2.18. The van der Waals surface area contributed by atoms with Gasteiger partial charge in [0.2, 0.25) is 0 Å². The quantitative estimate of drug-likeness (QED) is 0.445. The van der Waals surface area contributed by atoms with Crippen molar-refractivity contribution in [2.75, 3.05) is 12.8 Å². The Balaban J connectivity index is 3.30. The van der Waals surface area contributed by atoms with Crippen LogP contribution in [-0.2, 0) is 4.84 Å². The summed E-state index contributed by atoms with van der Waals surface area (Å²) in [5.74, 6) is -0.987. The molecule has 0 saturated carbocycles. The molecule has 0 aliphatic carbocycles. The molecular formula is C10H12N2O3. The van der Waals surface area contributed by atoms with Gasteiger partial charge in [-0.25, -0.2) is 4.79 Å². The zero-order chi connectivity index (χ0) is 11.4. The van der Waals surface area contributed by atoms with Crippen molar-refractivity contribution in [1.29, 1.82) is 0 Å². The van der Waals surface area contributed by atoms with Gasteiger partial charge in [0, 0.05) is 11.3 Å². The van der Waals surface area contributed by atoms with Crippen LogP contribution in [0.5, 0.6) is 0 Å². The fraction of sp³-hybridized carbons (Fsp3) is 0.200. The fourth-order valence-electron chi connectivity index (χ4n) is 1.26. The molecule has 1 rings (SSSR count). The molecule has 0 bridgehead atoms. The number of rotatable bonds is 3. The van der Waals surface area contributed by atoms with Gasteiger partial charge >= 0.3 is 5.97 Å². The van der Waals surface area contributed by atoms with Gasteiger partial charge in [0.05, 0.1) is 11.8 Å². The summed E-state index contributed by atoms with van der Waals surface area (Å²) in [4.78, 5) is 15.4. The average molecular weight is 208 g/mol. The van der Waals surface area contributed by atoms with E-state index in [2.05, 4.69) is 9.99 Å². The largest absolute Gasteiger partial charge is 0.478 e. The number of anilines is 1. The molecule has 0 unspecified atom stereocenters. The molecule has 0 spiro atoms. The van der Waals surface area contributed by atoms with Crippen molar-refractivity contribution >= 4 is 17.9 Å². The van der Waals surface area contributed by atoms with Crippen LogP contribution in [0.1, 0.15) is 21.5 Å². The number of oxime groups is 1. The molecule has 5 nitrogen and oxygen atoms in total. The monoisotopic (exact) mass is 208 g/mol. The zero-order valence-electron chi connectivity index (χ0n) is 8.52. The molecule has 0 saturated heterocycles. The molecule has 5 heteroatoms. The number of benzene rings is 1. The van der Waals surface area contributed by atoms with E-state index in [1.165, 1.54) is 25.5 Å². The first kappa shape index (κ1) is 11.0. The van der Waals surface area contributed by atoms with Crippen LogP contribution < -0.4 is 5.73 Å². The lowest BCUT2D eigenvalue weighted by molar-refractivity contribution is 0.0696. The minimum atomic E-state index is -0.987. The summed E-state index contributed by atoms with van der Waals surface area (Å²) in [5.41, 5.74) is 7.51. The Bertz CT molecular complexity index is 413. The number of nitrogen functional groups attached to an aromatic ring is 1. The Kier molecular flexibility index (Phi) is 3.28. The van der Waals surface area contributed by atoms with Crippen molar-refractivity contribution in [2.45, 2.75) is 6.92 Å². The second-order valence-corrected chi connectivity index (χ2v) is 2.96. The van der Waals surface area contributed by atoms with Crippen molar-refractivity contribution in [2.24, 2.45) is 5.16 Å². The molecule has 3 N–H and O–H groups in total. The second kappa shape index (κ2) is 4.45. The van der Waals surface area contributed by atoms with Crippen molar-refractivity contribution in [1.82, 2.24) is 0 Å². The number of nitrogens with two attached hydrogens (primary N) is 1. The molecule has 0 aromatic heterocycles. The van der Waals surface area contributed by atoms with E-state index < -0.39 is 5.97 Å². The van der Waals surface area contributed by atoms with Crippen molar-refractivity contribution in [3.8, 4) is 0 Å². The van der Waals surface area contributed by atoms with Crippen LogP contribution in [-0.4, -0.2) is 24.4 Å². The molecule has 1 aromatic rings. The highest BCUT2D eigenvalue weighted by Gasteiger charge is 2.11. The van der Waals surface area contributed by atoms with Crippen LogP contribution in [0.25, 0.3) is 0 Å². The highest BCUT2D eigenvalue weighted by atomic mass is 16.6. The van der Waals surface area contributed by atoms with Gasteiger partial charge in [-0.3, -0.25) is 0 Å². The van der Waals surface area contributed by atoms with Crippen molar-refractivity contribution in [3.63, 3.8) is 0 Å². The number of hydrogen-bond acceptors (Lipinski definition) is 4. The first-order valence-corrected chi connectivity index (χ1v) is 4.26. The van der Waals surface area contributed by atoms with E-state index in [9.17, 15) is 4.79 Å². The SMILES string of the molecule is CON=Cc1c(N)ccc(C(=O)O)c1C. The van der Waals surface area contributed by atoms with Crippen LogP contribution in [0, 0.1) is 6.92 Å². The van der Waals surface area contributed by atoms with E-state index in [1.807, 2.05) is 0 Å². The van der Waals surface area contributed by atoms with Crippen LogP contribution in [0.4, 0.5) is 5.69 Å². The first-order chi connectivity index (χ1) is 7.07. The summed E-state index contributed by atoms with van der Waals surface area (Å²) < 4.78 is 0. The highest BCUT2D eigenvalue weighted by molar-refractivity contribution is 5.96. The van der Waals surface area contributed by atoms with E-state index in [4.69, 9.17) is 10.8 Å². The van der Waals surface area contributed by atoms with Crippen LogP contribution in [0.3, 0.4) is 0 Å². The standard InChI is InChI=1S/C10H12N2O3/c1-6-7(10(13)14)3-4-9(11)8(6)5-12-15-2/h3-5H,11H2,1-2H3,(H,13,14). The molecule has 0 fully saturated rings. The molecular weight excluding hydrogens is 196 g/mol. The molecule has 0 amide bonds. The summed E-state index contributed by atoms with van der Waals surface area (Å²) >= 11 is 0. The van der Waals surface area contributed by atoms with Gasteiger partial charge in [-0.05, 0) is 24.6 Å². The van der Waals surface area contributed by atoms with Gasteiger partial charge < -0.3 is 15.7 Å². The third-order valence-corrected chi connectivity index (χ3v) is 2.07. The summed E-state index contributed by atoms with van der Waals surface area (Å²) in [6.07, 6.45) is 1.40. The van der Waals surface area contributed by atoms with Crippen molar-refractivity contribution < 1.29 is 14.7 Å². The lowest BCUT2D eigenvalue weighted by Crippen LogP contribution is -2.05. The Morgan fingerprint density at radius 3 is 2.80 bits per heavy atom. The number of aromatic carboxylic acids is 1. The molecule has 0 heterocycles. The number of carboxylic acid groups (broad SMARTS) is 1. The fourth-order valence-corrected chi connectivity index (χ4v) is 1.26. The van der Waals surface area contributed by atoms with Crippen LogP contribution >= 0.6 is 0 Å². The summed E-state index contributed by atoms with van der Waals surface area (Å²) in [5, 5.41) is 12.5. The molecule has 0 aliphatic heterocycles. The molecule has 80 valence electrons. The average Bonchev–Trinajstić information content (AvgIpc) is 2.17. The lowest BCUT2D eigenvalue weighted by atomic mass is 10.0. The predicted molar refractivity (Wildman–Crippen MR) is 57.2 cm³/mol. The van der Waals surface area contributed by atoms with E-state index in [0.29, 0.717) is 16.8 Å². The van der Waals surface area contributed by atoms with E-state index >= 15 is 0 Å². The molecule has 1 aromatic carbocycles. The predicted octanol–water partition coefficient (Wildman–Crippen LogP) is 1.26. The molecule has 0 atom stereocenters. The molecule has 0 aliphatic rings. The smallest absolute Gasteiger partial charge is 0.335 e. The van der Waals surface area contributed by atoms with E-state index in [1.54, 1.807) is 6.92 Å². The zero-order valence-corrected chi connectivity index (χ0v) is 8.52. The minimum absolute atomic E-state index is 0.210. The molecule has 0 radical (unpaired) electrons. The first-order valence-electron chi connectivity index (χ1n) is 4.26. The number of nitrogens with zero attached hydrogens (tertiary/aromatic N) is 1. The number of hydrogen-bond donors (Lipinski definition) is 2. The summed E-state index contributed by atoms with van der Waals surface area (Å²) in [7, 11) is 1.41.